The number of benzene rings is 2. The molecule has 0 saturated heterocycles. The van der Waals surface area contributed by atoms with E-state index >= 15 is 0 Å². The van der Waals surface area contributed by atoms with Crippen molar-refractivity contribution >= 4 is 23.0 Å². The number of aromatic nitrogens is 2. The number of hydrogen-bond donors (Lipinski definition) is 4. The first-order valence-corrected chi connectivity index (χ1v) is 8.50. The largest absolute Gasteiger partial charge is 0.399 e. The summed E-state index contributed by atoms with van der Waals surface area (Å²) in [5, 5.41) is 12.1. The van der Waals surface area contributed by atoms with E-state index in [2.05, 4.69) is 39.6 Å². The molecule has 26 heavy (non-hydrogen) atoms. The number of nitrogen functional groups attached to an aromatic ring is 2. The molecule has 0 fully saturated rings. The maximum absolute atomic E-state index is 8.60. The van der Waals surface area contributed by atoms with E-state index in [0.29, 0.717) is 22.6 Å². The summed E-state index contributed by atoms with van der Waals surface area (Å²) in [4.78, 5) is 8.44. The predicted molar refractivity (Wildman–Crippen MR) is 104 cm³/mol. The van der Waals surface area contributed by atoms with Crippen LogP contribution in [0.5, 0.6) is 0 Å². The highest BCUT2D eigenvalue weighted by molar-refractivity contribution is 6.16. The highest BCUT2D eigenvalue weighted by atomic mass is 15.1. The van der Waals surface area contributed by atoms with Crippen LogP contribution in [0.4, 0.5) is 17.3 Å². The fourth-order valence-electron chi connectivity index (χ4n) is 3.45. The second-order valence-corrected chi connectivity index (χ2v) is 6.50. The van der Waals surface area contributed by atoms with Gasteiger partial charge in [0.15, 0.2) is 0 Å². The zero-order valence-corrected chi connectivity index (χ0v) is 14.2. The smallest absolute Gasteiger partial charge is 0.141 e. The van der Waals surface area contributed by atoms with Crippen molar-refractivity contribution in [1.29, 1.82) is 5.41 Å². The molecule has 3 aromatic rings. The fraction of sp³-hybridized carbons (Fsp3) is 0.150. The maximum Gasteiger partial charge on any atom is 0.141 e. The first kappa shape index (κ1) is 16.1. The molecule has 0 radical (unpaired) electrons. The normalized spacial score (nSPS) is 13.4. The Bertz CT molecular complexity index is 957. The summed E-state index contributed by atoms with van der Waals surface area (Å²) in [6.45, 7) is 0. The number of anilines is 3. The summed E-state index contributed by atoms with van der Waals surface area (Å²) in [5.41, 5.74) is 16.7. The summed E-state index contributed by atoms with van der Waals surface area (Å²) >= 11 is 0. The van der Waals surface area contributed by atoms with Crippen molar-refractivity contribution in [1.82, 2.24) is 9.97 Å². The number of fused-ring (bicyclic) bond motifs is 1. The Morgan fingerprint density at radius 3 is 2.42 bits per heavy atom. The second kappa shape index (κ2) is 6.48. The van der Waals surface area contributed by atoms with Gasteiger partial charge >= 0.3 is 0 Å². The predicted octanol–water partition coefficient (Wildman–Crippen LogP) is 2.64. The van der Waals surface area contributed by atoms with E-state index < -0.39 is 0 Å². The third-order valence-electron chi connectivity index (χ3n) is 4.69. The van der Waals surface area contributed by atoms with Gasteiger partial charge in [-0.15, -0.1) is 0 Å². The zero-order valence-electron chi connectivity index (χ0n) is 14.2. The summed E-state index contributed by atoms with van der Waals surface area (Å²) in [6, 6.07) is 15.8. The van der Waals surface area contributed by atoms with Crippen LogP contribution < -0.4 is 16.8 Å². The molecule has 1 heterocycles. The molecular formula is C20H20N6. The van der Waals surface area contributed by atoms with Gasteiger partial charge in [0.1, 0.15) is 18.0 Å². The van der Waals surface area contributed by atoms with E-state index in [-0.39, 0.29) is 17.6 Å². The third kappa shape index (κ3) is 2.97. The van der Waals surface area contributed by atoms with Gasteiger partial charge in [-0.25, -0.2) is 9.97 Å². The van der Waals surface area contributed by atoms with Gasteiger partial charge in [-0.3, -0.25) is 5.41 Å². The van der Waals surface area contributed by atoms with Crippen LogP contribution in [0, 0.1) is 5.41 Å². The molecule has 2 aromatic carbocycles. The van der Waals surface area contributed by atoms with Gasteiger partial charge in [-0.05, 0) is 36.1 Å². The number of hydrogen-bond acceptors (Lipinski definition) is 6. The van der Waals surface area contributed by atoms with Crippen molar-refractivity contribution in [3.8, 4) is 0 Å². The minimum Gasteiger partial charge on any atom is -0.399 e. The Labute approximate surface area is 151 Å². The van der Waals surface area contributed by atoms with Crippen LogP contribution in [0.3, 0.4) is 0 Å². The Kier molecular flexibility index (Phi) is 4.01. The number of rotatable bonds is 4. The summed E-state index contributed by atoms with van der Waals surface area (Å²) in [7, 11) is 0. The molecule has 1 aliphatic carbocycles. The zero-order chi connectivity index (χ0) is 18.1. The molecular weight excluding hydrogens is 324 g/mol. The van der Waals surface area contributed by atoms with Gasteiger partial charge in [0.25, 0.3) is 0 Å². The van der Waals surface area contributed by atoms with Crippen LogP contribution in [0.2, 0.25) is 0 Å². The molecule has 0 saturated carbocycles. The Hall–Kier alpha value is -3.41. The molecule has 0 aliphatic heterocycles. The molecule has 0 bridgehead atoms. The Balaban J connectivity index is 1.64. The quantitative estimate of drug-likeness (QED) is 0.429. The average molecular weight is 344 g/mol. The molecule has 0 unspecified atom stereocenters. The number of nitrogens with one attached hydrogen (secondary N) is 2. The minimum atomic E-state index is 0.217. The van der Waals surface area contributed by atoms with Crippen LogP contribution in [-0.4, -0.2) is 21.7 Å². The van der Waals surface area contributed by atoms with Crippen LogP contribution in [0.25, 0.3) is 0 Å². The molecule has 6 N–H and O–H groups in total. The van der Waals surface area contributed by atoms with Crippen molar-refractivity contribution in [2.75, 3.05) is 16.8 Å². The average Bonchev–Trinajstić information content (AvgIpc) is 3.04. The number of nitrogens with zero attached hydrogens (tertiary/aromatic N) is 2. The monoisotopic (exact) mass is 344 g/mol. The lowest BCUT2D eigenvalue weighted by Crippen LogP contribution is -2.23. The van der Waals surface area contributed by atoms with E-state index in [9.17, 15) is 0 Å². The van der Waals surface area contributed by atoms with Gasteiger partial charge in [0.05, 0.1) is 11.3 Å². The van der Waals surface area contributed by atoms with E-state index in [1.807, 2.05) is 12.1 Å². The lowest BCUT2D eigenvalue weighted by Gasteiger charge is -2.17. The fourth-order valence-corrected chi connectivity index (χ4v) is 3.45. The third-order valence-corrected chi connectivity index (χ3v) is 4.69. The number of nitrogens with two attached hydrogens (primary N) is 2. The first-order chi connectivity index (χ1) is 12.6. The van der Waals surface area contributed by atoms with Gasteiger partial charge < -0.3 is 16.8 Å². The lowest BCUT2D eigenvalue weighted by molar-refractivity contribution is 0.767. The topological polar surface area (TPSA) is 114 Å². The van der Waals surface area contributed by atoms with Crippen LogP contribution in [0.15, 0.2) is 54.9 Å². The Morgan fingerprint density at radius 2 is 1.73 bits per heavy atom. The van der Waals surface area contributed by atoms with Gasteiger partial charge in [-0.1, -0.05) is 36.4 Å². The van der Waals surface area contributed by atoms with Gasteiger partial charge in [-0.2, -0.15) is 0 Å². The van der Waals surface area contributed by atoms with Crippen molar-refractivity contribution in [2.24, 2.45) is 0 Å². The Morgan fingerprint density at radius 1 is 1.00 bits per heavy atom. The van der Waals surface area contributed by atoms with Crippen molar-refractivity contribution < 1.29 is 0 Å². The van der Waals surface area contributed by atoms with Crippen molar-refractivity contribution in [3.05, 3.63) is 77.1 Å². The van der Waals surface area contributed by atoms with E-state index in [0.717, 1.165) is 12.8 Å². The highest BCUT2D eigenvalue weighted by Crippen LogP contribution is 2.27. The second-order valence-electron chi connectivity index (χ2n) is 6.50. The van der Waals surface area contributed by atoms with Gasteiger partial charge in [0.2, 0.25) is 0 Å². The van der Waals surface area contributed by atoms with Crippen molar-refractivity contribution in [2.45, 2.75) is 18.9 Å². The van der Waals surface area contributed by atoms with Crippen LogP contribution in [0.1, 0.15) is 22.3 Å². The molecule has 0 spiro atoms. The standard InChI is InChI=1S/C20H20N6/c21-15-7-3-6-14(8-15)18(22)17-19(23)24-11-25-20(17)26-16-9-12-4-1-2-5-13(12)10-16/h1-8,11,16,22H,9-10,21H2,(H3,23,24,25,26). The molecule has 4 rings (SSSR count). The molecule has 1 aliphatic rings. The summed E-state index contributed by atoms with van der Waals surface area (Å²) < 4.78 is 0. The maximum atomic E-state index is 8.60. The first-order valence-electron chi connectivity index (χ1n) is 8.50. The lowest BCUT2D eigenvalue weighted by atomic mass is 10.0. The van der Waals surface area contributed by atoms with Crippen LogP contribution in [-0.2, 0) is 12.8 Å². The summed E-state index contributed by atoms with van der Waals surface area (Å²) in [5.74, 6) is 0.869. The van der Waals surface area contributed by atoms with Gasteiger partial charge in [0, 0.05) is 17.3 Å². The van der Waals surface area contributed by atoms with E-state index in [1.165, 1.54) is 17.5 Å². The molecule has 1 aromatic heterocycles. The summed E-state index contributed by atoms with van der Waals surface area (Å²) in [6.07, 6.45) is 3.27. The molecule has 6 heteroatoms. The highest BCUT2D eigenvalue weighted by Gasteiger charge is 2.24. The molecule has 0 amide bonds. The van der Waals surface area contributed by atoms with E-state index in [4.69, 9.17) is 16.9 Å². The molecule has 0 atom stereocenters. The SMILES string of the molecule is N=C(c1cccc(N)c1)c1c(N)ncnc1NC1Cc2ccccc2C1. The van der Waals surface area contributed by atoms with Crippen LogP contribution >= 0.6 is 0 Å². The van der Waals surface area contributed by atoms with Crippen molar-refractivity contribution in [3.63, 3.8) is 0 Å². The molecule has 130 valence electrons. The minimum absolute atomic E-state index is 0.217. The molecule has 6 nitrogen and oxygen atoms in total. The van der Waals surface area contributed by atoms with E-state index in [1.54, 1.807) is 12.1 Å².